The number of hydrogen-bond acceptors (Lipinski definition) is 7. The van der Waals surface area contributed by atoms with Gasteiger partial charge in [0.15, 0.2) is 5.78 Å². The van der Waals surface area contributed by atoms with Gasteiger partial charge in [-0.15, -0.1) is 0 Å². The summed E-state index contributed by atoms with van der Waals surface area (Å²) < 4.78 is 10.6. The van der Waals surface area contributed by atoms with Crippen molar-refractivity contribution < 1.29 is 19.1 Å². The molecule has 0 radical (unpaired) electrons. The highest BCUT2D eigenvalue weighted by atomic mass is 32.2. The van der Waals surface area contributed by atoms with E-state index in [2.05, 4.69) is 9.97 Å². The van der Waals surface area contributed by atoms with Gasteiger partial charge in [-0.25, -0.2) is 4.98 Å². The summed E-state index contributed by atoms with van der Waals surface area (Å²) in [4.78, 5) is 32.4. The molecule has 1 heterocycles. The number of ketones is 1. The van der Waals surface area contributed by atoms with Crippen LogP contribution in [-0.2, 0) is 16.1 Å². The van der Waals surface area contributed by atoms with Gasteiger partial charge in [0.1, 0.15) is 17.4 Å². The van der Waals surface area contributed by atoms with Crippen LogP contribution in [0.1, 0.15) is 22.8 Å². The third kappa shape index (κ3) is 4.83. The van der Waals surface area contributed by atoms with Gasteiger partial charge in [0.25, 0.3) is 0 Å². The van der Waals surface area contributed by atoms with Crippen molar-refractivity contribution in [2.75, 3.05) is 12.9 Å². The number of carbonyl (C=O) groups excluding carboxylic acids is 2. The van der Waals surface area contributed by atoms with Crippen molar-refractivity contribution in [1.29, 1.82) is 0 Å². The van der Waals surface area contributed by atoms with Crippen LogP contribution < -0.4 is 4.74 Å². The van der Waals surface area contributed by atoms with E-state index in [1.807, 2.05) is 24.3 Å². The number of fused-ring (bicyclic) bond motifs is 1. The maximum absolute atomic E-state index is 12.1. The van der Waals surface area contributed by atoms with Crippen LogP contribution in [0.3, 0.4) is 0 Å². The second-order valence-electron chi connectivity index (χ2n) is 5.73. The number of nitrogens with zero attached hydrogens (tertiary/aromatic N) is 2. The zero-order chi connectivity index (χ0) is 19.2. The lowest BCUT2D eigenvalue weighted by Gasteiger charge is -2.10. The van der Waals surface area contributed by atoms with Crippen molar-refractivity contribution in [3.05, 3.63) is 59.8 Å². The maximum Gasteiger partial charge on any atom is 0.316 e. The Balaban J connectivity index is 1.59. The first-order chi connectivity index (χ1) is 13.1. The third-order valence-corrected chi connectivity index (χ3v) is 4.71. The van der Waals surface area contributed by atoms with E-state index < -0.39 is 0 Å². The molecule has 3 aromatic rings. The number of methoxy groups -OCH3 is 1. The van der Waals surface area contributed by atoms with Crippen LogP contribution >= 0.6 is 11.8 Å². The molecule has 0 N–H and O–H groups in total. The molecule has 1 aromatic heterocycles. The Bertz CT molecular complexity index is 991. The molecule has 0 amide bonds. The molecular formula is C20H18N2O4S. The molecule has 0 aliphatic heterocycles. The molecule has 3 rings (SSSR count). The van der Waals surface area contributed by atoms with Crippen LogP contribution in [0.2, 0.25) is 0 Å². The lowest BCUT2D eigenvalue weighted by molar-refractivity contribution is -0.141. The van der Waals surface area contributed by atoms with E-state index in [0.29, 0.717) is 21.9 Å². The van der Waals surface area contributed by atoms with Crippen molar-refractivity contribution >= 4 is 34.5 Å². The van der Waals surface area contributed by atoms with Gasteiger partial charge in [-0.05, 0) is 37.3 Å². The summed E-state index contributed by atoms with van der Waals surface area (Å²) >= 11 is 1.26. The molecule has 2 aromatic carbocycles. The summed E-state index contributed by atoms with van der Waals surface area (Å²) in [5.41, 5.74) is 2.78. The highest BCUT2D eigenvalue weighted by Crippen LogP contribution is 2.22. The zero-order valence-electron chi connectivity index (χ0n) is 15.0. The molecular weight excluding hydrogens is 364 g/mol. The summed E-state index contributed by atoms with van der Waals surface area (Å²) in [7, 11) is 1.53. The molecule has 0 bridgehead atoms. The number of carbonyl (C=O) groups is 2. The molecule has 0 fully saturated rings. The second-order valence-corrected chi connectivity index (χ2v) is 6.72. The van der Waals surface area contributed by atoms with Crippen molar-refractivity contribution in [2.24, 2.45) is 0 Å². The van der Waals surface area contributed by atoms with Crippen LogP contribution in [0, 0.1) is 0 Å². The fraction of sp³-hybridized carbons (Fsp3) is 0.200. The minimum atomic E-state index is -0.384. The highest BCUT2D eigenvalue weighted by molar-refractivity contribution is 7.99. The van der Waals surface area contributed by atoms with Gasteiger partial charge in [-0.2, -0.15) is 0 Å². The average Bonchev–Trinajstić information content (AvgIpc) is 2.70. The number of benzene rings is 2. The lowest BCUT2D eigenvalue weighted by Crippen LogP contribution is -2.09. The molecule has 27 heavy (non-hydrogen) atoms. The van der Waals surface area contributed by atoms with Gasteiger partial charge in [-0.1, -0.05) is 23.9 Å². The zero-order valence-corrected chi connectivity index (χ0v) is 15.8. The number of para-hydroxylation sites is 2. The quantitative estimate of drug-likeness (QED) is 0.350. The monoisotopic (exact) mass is 382 g/mol. The van der Waals surface area contributed by atoms with Crippen LogP contribution in [0.15, 0.2) is 53.7 Å². The van der Waals surface area contributed by atoms with E-state index in [0.717, 1.165) is 11.0 Å². The molecule has 6 nitrogen and oxygen atoms in total. The first-order valence-corrected chi connectivity index (χ1v) is 9.23. The lowest BCUT2D eigenvalue weighted by atomic mass is 10.1. The van der Waals surface area contributed by atoms with Crippen molar-refractivity contribution in [3.8, 4) is 5.75 Å². The number of esters is 1. The Morgan fingerprint density at radius 2 is 1.89 bits per heavy atom. The Hall–Kier alpha value is -2.93. The van der Waals surface area contributed by atoms with Gasteiger partial charge >= 0.3 is 5.97 Å². The van der Waals surface area contributed by atoms with Crippen molar-refractivity contribution in [1.82, 2.24) is 9.97 Å². The number of aromatic nitrogens is 2. The summed E-state index contributed by atoms with van der Waals surface area (Å²) in [5.74, 6) is 0.239. The first-order valence-electron chi connectivity index (χ1n) is 8.25. The fourth-order valence-electron chi connectivity index (χ4n) is 2.45. The molecule has 138 valence electrons. The average molecular weight is 382 g/mol. The minimum absolute atomic E-state index is 0.0348. The highest BCUT2D eigenvalue weighted by Gasteiger charge is 2.11. The Labute approximate surface area is 160 Å². The molecule has 0 saturated carbocycles. The first kappa shape index (κ1) is 18.8. The SMILES string of the molecule is COc1ccc(C(C)=O)cc1COC(=O)CSc1cnc2ccccc2n1. The second kappa shape index (κ2) is 8.64. The molecule has 0 aliphatic rings. The van der Waals surface area contributed by atoms with Gasteiger partial charge < -0.3 is 9.47 Å². The van der Waals surface area contributed by atoms with E-state index in [1.54, 1.807) is 24.4 Å². The van der Waals surface area contributed by atoms with Crippen LogP contribution in [0.4, 0.5) is 0 Å². The summed E-state index contributed by atoms with van der Waals surface area (Å²) in [6, 6.07) is 12.6. The van der Waals surface area contributed by atoms with Gasteiger partial charge in [0.05, 0.1) is 30.1 Å². The van der Waals surface area contributed by atoms with Crippen molar-refractivity contribution in [2.45, 2.75) is 18.6 Å². The maximum atomic E-state index is 12.1. The van der Waals surface area contributed by atoms with E-state index >= 15 is 0 Å². The van der Waals surface area contributed by atoms with Crippen molar-refractivity contribution in [3.63, 3.8) is 0 Å². The van der Waals surface area contributed by atoms with Crippen LogP contribution in [0.25, 0.3) is 11.0 Å². The number of thioether (sulfide) groups is 1. The topological polar surface area (TPSA) is 78.4 Å². The summed E-state index contributed by atoms with van der Waals surface area (Å²) in [5, 5.41) is 0.654. The predicted octanol–water partition coefficient (Wildman–Crippen LogP) is 3.68. The van der Waals surface area contributed by atoms with E-state index in [-0.39, 0.29) is 24.1 Å². The molecule has 0 spiro atoms. The molecule has 0 atom stereocenters. The predicted molar refractivity (Wildman–Crippen MR) is 103 cm³/mol. The van der Waals surface area contributed by atoms with Crippen LogP contribution in [0.5, 0.6) is 5.75 Å². The van der Waals surface area contributed by atoms with E-state index in [9.17, 15) is 9.59 Å². The molecule has 0 aliphatic carbocycles. The summed E-state index contributed by atoms with van der Waals surface area (Å²) in [6.07, 6.45) is 1.64. The van der Waals surface area contributed by atoms with Crippen LogP contribution in [-0.4, -0.2) is 34.6 Å². The smallest absolute Gasteiger partial charge is 0.316 e. The Kier molecular flexibility index (Phi) is 6.03. The Morgan fingerprint density at radius 1 is 1.11 bits per heavy atom. The standard InChI is InChI=1S/C20H18N2O4S/c1-13(23)14-7-8-18(25-2)15(9-14)11-26-20(24)12-27-19-10-21-16-5-3-4-6-17(16)22-19/h3-10H,11-12H2,1-2H3. The fourth-order valence-corrected chi connectivity index (χ4v) is 3.09. The minimum Gasteiger partial charge on any atom is -0.496 e. The van der Waals surface area contributed by atoms with E-state index in [4.69, 9.17) is 9.47 Å². The number of Topliss-reactive ketones (excluding diaryl/α,β-unsaturated/α-hetero) is 1. The normalized spacial score (nSPS) is 10.6. The van der Waals surface area contributed by atoms with Gasteiger partial charge in [0.2, 0.25) is 0 Å². The molecule has 0 saturated heterocycles. The number of ether oxygens (including phenoxy) is 2. The molecule has 0 unspecified atom stereocenters. The van der Waals surface area contributed by atoms with Gasteiger partial charge in [0, 0.05) is 11.1 Å². The largest absolute Gasteiger partial charge is 0.496 e. The molecule has 7 heteroatoms. The number of hydrogen-bond donors (Lipinski definition) is 0. The Morgan fingerprint density at radius 3 is 2.63 bits per heavy atom. The van der Waals surface area contributed by atoms with E-state index in [1.165, 1.54) is 25.8 Å². The van der Waals surface area contributed by atoms with Gasteiger partial charge in [-0.3, -0.25) is 14.6 Å². The summed E-state index contributed by atoms with van der Waals surface area (Å²) in [6.45, 7) is 1.52. The number of rotatable bonds is 7. The third-order valence-electron chi connectivity index (χ3n) is 3.84.